The van der Waals surface area contributed by atoms with E-state index in [1.807, 2.05) is 17.5 Å². The molecule has 16 heavy (non-hydrogen) atoms. The largest absolute Gasteiger partial charge is 0.207 e. The van der Waals surface area contributed by atoms with Crippen LogP contribution < -0.4 is 0 Å². The predicted molar refractivity (Wildman–Crippen MR) is 74.2 cm³/mol. The van der Waals surface area contributed by atoms with Crippen LogP contribution >= 0.6 is 54.8 Å². The second kappa shape index (κ2) is 5.17. The van der Waals surface area contributed by atoms with Gasteiger partial charge in [-0.15, -0.1) is 11.3 Å². The first-order chi connectivity index (χ1) is 7.59. The van der Waals surface area contributed by atoms with Gasteiger partial charge >= 0.3 is 0 Å². The third kappa shape index (κ3) is 2.50. The molecule has 5 heteroatoms. The molecule has 0 radical (unpaired) electrons. The van der Waals surface area contributed by atoms with Crippen molar-refractivity contribution in [3.8, 4) is 0 Å². The van der Waals surface area contributed by atoms with Crippen molar-refractivity contribution >= 4 is 54.8 Å². The number of halogens is 4. The van der Waals surface area contributed by atoms with E-state index in [-0.39, 0.29) is 10.6 Å². The van der Waals surface area contributed by atoms with Crippen molar-refractivity contribution in [1.29, 1.82) is 0 Å². The summed E-state index contributed by atoms with van der Waals surface area (Å²) in [6.45, 7) is 0. The van der Waals surface area contributed by atoms with Crippen LogP contribution in [0.1, 0.15) is 15.3 Å². The Hall–Kier alpha value is 0.1000. The smallest absolute Gasteiger partial charge is 0.129 e. The molecule has 0 spiro atoms. The van der Waals surface area contributed by atoms with Crippen LogP contribution in [0.4, 0.5) is 4.39 Å². The zero-order valence-electron chi connectivity index (χ0n) is 7.88. The summed E-state index contributed by atoms with van der Waals surface area (Å²) in [5.74, 6) is -0.272. The fourth-order valence-electron chi connectivity index (χ4n) is 1.32. The van der Waals surface area contributed by atoms with Gasteiger partial charge in [-0.05, 0) is 39.5 Å². The van der Waals surface area contributed by atoms with Gasteiger partial charge in [-0.2, -0.15) is 0 Å². The van der Waals surface area contributed by atoms with Gasteiger partial charge in [0, 0.05) is 14.9 Å². The molecule has 0 saturated carbocycles. The molecule has 0 fully saturated rings. The summed E-state index contributed by atoms with van der Waals surface area (Å²) < 4.78 is 14.3. The molecule has 0 nitrogen and oxygen atoms in total. The van der Waals surface area contributed by atoms with Gasteiger partial charge in [0.05, 0.1) is 9.85 Å². The number of hydrogen-bond acceptors (Lipinski definition) is 1. The maximum absolute atomic E-state index is 13.8. The van der Waals surface area contributed by atoms with E-state index in [0.717, 1.165) is 4.88 Å². The molecule has 0 aliphatic heterocycles. The zero-order chi connectivity index (χ0) is 11.7. The Balaban J connectivity index is 2.44. The second-order valence-electron chi connectivity index (χ2n) is 3.17. The third-order valence-corrected chi connectivity index (χ3v) is 5.53. The van der Waals surface area contributed by atoms with E-state index in [9.17, 15) is 4.39 Å². The van der Waals surface area contributed by atoms with Gasteiger partial charge in [0.15, 0.2) is 0 Å². The second-order valence-corrected chi connectivity index (χ2v) is 6.32. The number of rotatable bonds is 2. The lowest BCUT2D eigenvalue weighted by Gasteiger charge is -2.10. The van der Waals surface area contributed by atoms with Crippen molar-refractivity contribution in [2.75, 3.05) is 0 Å². The molecule has 2 aromatic rings. The lowest BCUT2D eigenvalue weighted by Crippen LogP contribution is -1.95. The fraction of sp³-hybridized carbons (Fsp3) is 0.0909. The lowest BCUT2D eigenvalue weighted by molar-refractivity contribution is 0.613. The summed E-state index contributed by atoms with van der Waals surface area (Å²) >= 11 is 14.2. The molecular weight excluding hydrogens is 378 g/mol. The van der Waals surface area contributed by atoms with Crippen LogP contribution in [-0.2, 0) is 0 Å². The summed E-state index contributed by atoms with van der Waals surface area (Å²) in [4.78, 5) is 0.899. The first kappa shape index (κ1) is 12.6. The van der Waals surface area contributed by atoms with Crippen LogP contribution in [0.2, 0.25) is 5.02 Å². The van der Waals surface area contributed by atoms with Crippen molar-refractivity contribution < 1.29 is 4.39 Å². The summed E-state index contributed by atoms with van der Waals surface area (Å²) in [7, 11) is 0. The predicted octanol–water partition coefficient (Wildman–Crippen LogP) is 5.79. The first-order valence-corrected chi connectivity index (χ1v) is 7.38. The van der Waals surface area contributed by atoms with Gasteiger partial charge in [0.2, 0.25) is 0 Å². The normalized spacial score (nSPS) is 12.8. The standard InChI is InChI=1S/C11H6Br2ClFS/c12-7-5-9(15)6(4-8(7)14)11(13)10-2-1-3-16-10/h1-5,11H. The highest BCUT2D eigenvalue weighted by molar-refractivity contribution is 9.10. The van der Waals surface area contributed by atoms with Gasteiger partial charge in [-0.1, -0.05) is 33.6 Å². The highest BCUT2D eigenvalue weighted by Crippen LogP contribution is 2.38. The molecule has 0 aliphatic rings. The van der Waals surface area contributed by atoms with E-state index in [4.69, 9.17) is 11.6 Å². The minimum atomic E-state index is -0.272. The van der Waals surface area contributed by atoms with Gasteiger partial charge in [0.1, 0.15) is 5.82 Å². The van der Waals surface area contributed by atoms with Crippen LogP contribution in [0.5, 0.6) is 0 Å². The topological polar surface area (TPSA) is 0 Å². The maximum atomic E-state index is 13.8. The van der Waals surface area contributed by atoms with Crippen LogP contribution in [0, 0.1) is 5.82 Å². The molecule has 1 aromatic carbocycles. The van der Waals surface area contributed by atoms with Crippen molar-refractivity contribution in [3.05, 3.63) is 55.4 Å². The molecular formula is C11H6Br2ClFS. The molecule has 1 atom stereocenters. The lowest BCUT2D eigenvalue weighted by atomic mass is 10.1. The van der Waals surface area contributed by atoms with Crippen molar-refractivity contribution in [3.63, 3.8) is 0 Å². The SMILES string of the molecule is Fc1cc(Br)c(Cl)cc1C(Br)c1cccs1. The average Bonchev–Trinajstić information content (AvgIpc) is 2.75. The molecule has 0 N–H and O–H groups in total. The summed E-state index contributed by atoms with van der Waals surface area (Å²) in [5.41, 5.74) is 0.552. The molecule has 0 saturated heterocycles. The Morgan fingerprint density at radius 3 is 2.75 bits per heavy atom. The van der Waals surface area contributed by atoms with E-state index in [0.29, 0.717) is 15.1 Å². The number of thiophene rings is 1. The molecule has 2 rings (SSSR count). The minimum Gasteiger partial charge on any atom is -0.207 e. The first-order valence-electron chi connectivity index (χ1n) is 4.41. The van der Waals surface area contributed by atoms with Crippen LogP contribution in [0.3, 0.4) is 0 Å². The number of benzene rings is 1. The van der Waals surface area contributed by atoms with Gasteiger partial charge in [-0.3, -0.25) is 0 Å². The van der Waals surface area contributed by atoms with E-state index in [2.05, 4.69) is 31.9 Å². The molecule has 0 aliphatic carbocycles. The summed E-state index contributed by atoms with van der Waals surface area (Å²) in [5, 5.41) is 2.47. The van der Waals surface area contributed by atoms with Crippen molar-refractivity contribution in [2.45, 2.75) is 4.83 Å². The quantitative estimate of drug-likeness (QED) is 0.454. The molecule has 1 aromatic heterocycles. The van der Waals surface area contributed by atoms with Gasteiger partial charge < -0.3 is 0 Å². The Kier molecular flexibility index (Phi) is 4.06. The summed E-state index contributed by atoms with van der Waals surface area (Å²) in [6.07, 6.45) is 0. The van der Waals surface area contributed by atoms with Crippen LogP contribution in [0.15, 0.2) is 34.1 Å². The van der Waals surface area contributed by atoms with Crippen LogP contribution in [0.25, 0.3) is 0 Å². The minimum absolute atomic E-state index is 0.155. The van der Waals surface area contributed by atoms with Gasteiger partial charge in [-0.25, -0.2) is 4.39 Å². The molecule has 1 heterocycles. The molecule has 0 bridgehead atoms. The Bertz CT molecular complexity index is 499. The molecule has 84 valence electrons. The summed E-state index contributed by atoms with van der Waals surface area (Å²) in [6, 6.07) is 6.92. The van der Waals surface area contributed by atoms with Crippen molar-refractivity contribution in [1.82, 2.24) is 0 Å². The highest BCUT2D eigenvalue weighted by atomic mass is 79.9. The highest BCUT2D eigenvalue weighted by Gasteiger charge is 2.17. The number of hydrogen-bond donors (Lipinski definition) is 0. The Morgan fingerprint density at radius 2 is 2.12 bits per heavy atom. The van der Waals surface area contributed by atoms with E-state index in [1.165, 1.54) is 6.07 Å². The van der Waals surface area contributed by atoms with Crippen molar-refractivity contribution in [2.24, 2.45) is 0 Å². The van der Waals surface area contributed by atoms with E-state index >= 15 is 0 Å². The third-order valence-electron chi connectivity index (χ3n) is 2.11. The molecule has 0 amide bonds. The maximum Gasteiger partial charge on any atom is 0.129 e. The zero-order valence-corrected chi connectivity index (χ0v) is 12.6. The average molecular weight is 384 g/mol. The fourth-order valence-corrected chi connectivity index (χ4v) is 3.35. The Labute approximate surface area is 119 Å². The monoisotopic (exact) mass is 382 g/mol. The van der Waals surface area contributed by atoms with E-state index in [1.54, 1.807) is 17.4 Å². The van der Waals surface area contributed by atoms with Crippen LogP contribution in [-0.4, -0.2) is 0 Å². The molecule has 1 unspecified atom stereocenters. The Morgan fingerprint density at radius 1 is 1.38 bits per heavy atom. The van der Waals surface area contributed by atoms with Gasteiger partial charge in [0.25, 0.3) is 0 Å². The number of alkyl halides is 1. The van der Waals surface area contributed by atoms with E-state index < -0.39 is 0 Å².